The summed E-state index contributed by atoms with van der Waals surface area (Å²) in [6.45, 7) is -0.00161. The van der Waals surface area contributed by atoms with E-state index in [1.54, 1.807) is 36.4 Å². The number of amides is 3. The van der Waals surface area contributed by atoms with E-state index in [4.69, 9.17) is 0 Å². The number of nitrogens with one attached hydrogen (secondary N) is 1. The minimum absolute atomic E-state index is 0.00161. The Kier molecular flexibility index (Phi) is 4.64. The molecule has 0 fully saturated rings. The first-order valence-corrected chi connectivity index (χ1v) is 8.74. The number of rotatable bonds is 4. The van der Waals surface area contributed by atoms with Crippen molar-refractivity contribution in [2.75, 3.05) is 5.32 Å². The van der Waals surface area contributed by atoms with Crippen LogP contribution in [0.5, 0.6) is 0 Å². The standard InChI is InChI=1S/C22H14F2N2O3/c23-15-8-9-19(18(24)11-15)25-20(27)14-5-3-4-13(10-14)12-26-21(28)16-6-1-2-7-17(16)22(26)29/h1-11H,12H2,(H,25,27). The quantitative estimate of drug-likeness (QED) is 0.682. The zero-order valence-corrected chi connectivity index (χ0v) is 15.0. The number of anilines is 1. The van der Waals surface area contributed by atoms with E-state index >= 15 is 0 Å². The molecule has 29 heavy (non-hydrogen) atoms. The molecule has 1 heterocycles. The molecule has 3 amide bonds. The van der Waals surface area contributed by atoms with Gasteiger partial charge in [0.1, 0.15) is 11.6 Å². The fraction of sp³-hybridized carbons (Fsp3) is 0.0455. The highest BCUT2D eigenvalue weighted by atomic mass is 19.1. The third-order valence-corrected chi connectivity index (χ3v) is 4.59. The van der Waals surface area contributed by atoms with Gasteiger partial charge in [0.05, 0.1) is 23.4 Å². The van der Waals surface area contributed by atoms with Gasteiger partial charge in [0.15, 0.2) is 0 Å². The average Bonchev–Trinajstić information content (AvgIpc) is 2.95. The summed E-state index contributed by atoms with van der Waals surface area (Å²) in [5, 5.41) is 2.38. The highest BCUT2D eigenvalue weighted by Gasteiger charge is 2.34. The van der Waals surface area contributed by atoms with Gasteiger partial charge in [-0.2, -0.15) is 0 Å². The van der Waals surface area contributed by atoms with Crippen LogP contribution < -0.4 is 5.32 Å². The summed E-state index contributed by atoms with van der Waals surface area (Å²) in [6, 6.07) is 15.7. The van der Waals surface area contributed by atoms with Crippen molar-refractivity contribution in [3.05, 3.63) is 101 Å². The van der Waals surface area contributed by atoms with Gasteiger partial charge >= 0.3 is 0 Å². The normalized spacial score (nSPS) is 12.8. The number of imide groups is 1. The minimum atomic E-state index is -0.888. The second kappa shape index (κ2) is 7.27. The highest BCUT2D eigenvalue weighted by molar-refractivity contribution is 6.21. The van der Waals surface area contributed by atoms with Gasteiger partial charge in [-0.1, -0.05) is 24.3 Å². The van der Waals surface area contributed by atoms with E-state index < -0.39 is 29.4 Å². The summed E-state index contributed by atoms with van der Waals surface area (Å²) >= 11 is 0. The molecule has 1 aliphatic rings. The molecule has 0 unspecified atom stereocenters. The maximum atomic E-state index is 13.8. The molecule has 1 N–H and O–H groups in total. The predicted molar refractivity (Wildman–Crippen MR) is 101 cm³/mol. The van der Waals surface area contributed by atoms with Crippen molar-refractivity contribution in [2.24, 2.45) is 0 Å². The molecule has 4 rings (SSSR count). The third kappa shape index (κ3) is 3.50. The van der Waals surface area contributed by atoms with Crippen LogP contribution in [0.15, 0.2) is 66.7 Å². The lowest BCUT2D eigenvalue weighted by molar-refractivity contribution is 0.0642. The van der Waals surface area contributed by atoms with Crippen molar-refractivity contribution in [1.29, 1.82) is 0 Å². The second-order valence-corrected chi connectivity index (χ2v) is 6.52. The topological polar surface area (TPSA) is 66.5 Å². The molecule has 3 aromatic rings. The van der Waals surface area contributed by atoms with E-state index in [0.717, 1.165) is 17.0 Å². The summed E-state index contributed by atoms with van der Waals surface area (Å²) in [5.41, 5.74) is 1.31. The Hall–Kier alpha value is -3.87. The van der Waals surface area contributed by atoms with Crippen LogP contribution in [0.2, 0.25) is 0 Å². The van der Waals surface area contributed by atoms with E-state index in [-0.39, 0.29) is 17.8 Å². The summed E-state index contributed by atoms with van der Waals surface area (Å²) in [7, 11) is 0. The van der Waals surface area contributed by atoms with Gasteiger partial charge in [0.25, 0.3) is 17.7 Å². The van der Waals surface area contributed by atoms with Crippen LogP contribution in [0, 0.1) is 11.6 Å². The SMILES string of the molecule is O=C(Nc1ccc(F)cc1F)c1cccc(CN2C(=O)c3ccccc3C2=O)c1. The molecule has 3 aromatic carbocycles. The second-order valence-electron chi connectivity index (χ2n) is 6.52. The molecule has 0 atom stereocenters. The lowest BCUT2D eigenvalue weighted by Crippen LogP contribution is -2.29. The number of halogens is 2. The van der Waals surface area contributed by atoms with Crippen molar-refractivity contribution < 1.29 is 23.2 Å². The zero-order chi connectivity index (χ0) is 20.5. The first-order chi connectivity index (χ1) is 13.9. The van der Waals surface area contributed by atoms with Crippen LogP contribution in [-0.4, -0.2) is 22.6 Å². The van der Waals surface area contributed by atoms with E-state index in [0.29, 0.717) is 22.8 Å². The molecule has 0 aromatic heterocycles. The Balaban J connectivity index is 1.53. The van der Waals surface area contributed by atoms with E-state index in [2.05, 4.69) is 5.32 Å². The summed E-state index contributed by atoms with van der Waals surface area (Å²) in [5.74, 6) is -3.02. The van der Waals surface area contributed by atoms with Crippen LogP contribution >= 0.6 is 0 Å². The number of carbonyl (C=O) groups is 3. The third-order valence-electron chi connectivity index (χ3n) is 4.59. The van der Waals surface area contributed by atoms with Gasteiger partial charge in [-0.25, -0.2) is 8.78 Å². The van der Waals surface area contributed by atoms with Gasteiger partial charge in [-0.15, -0.1) is 0 Å². The Morgan fingerprint density at radius 3 is 2.21 bits per heavy atom. The molecule has 0 saturated heterocycles. The monoisotopic (exact) mass is 392 g/mol. The summed E-state index contributed by atoms with van der Waals surface area (Å²) in [4.78, 5) is 38.5. The smallest absolute Gasteiger partial charge is 0.261 e. The molecule has 0 radical (unpaired) electrons. The summed E-state index contributed by atoms with van der Waals surface area (Å²) < 4.78 is 26.8. The maximum Gasteiger partial charge on any atom is 0.261 e. The van der Waals surface area contributed by atoms with E-state index in [1.807, 2.05) is 0 Å². The van der Waals surface area contributed by atoms with E-state index in [1.165, 1.54) is 12.1 Å². The molecule has 1 aliphatic heterocycles. The predicted octanol–water partition coefficient (Wildman–Crippen LogP) is 4.01. The largest absolute Gasteiger partial charge is 0.319 e. The first kappa shape index (κ1) is 18.5. The number of nitrogens with zero attached hydrogens (tertiary/aromatic N) is 1. The number of benzene rings is 3. The van der Waals surface area contributed by atoms with Crippen molar-refractivity contribution in [3.8, 4) is 0 Å². The Labute approximate surface area is 164 Å². The Bertz CT molecular complexity index is 1130. The maximum absolute atomic E-state index is 13.8. The first-order valence-electron chi connectivity index (χ1n) is 8.74. The molecule has 0 aliphatic carbocycles. The fourth-order valence-corrected chi connectivity index (χ4v) is 3.16. The van der Waals surface area contributed by atoms with Gasteiger partial charge in [-0.3, -0.25) is 19.3 Å². The number of hydrogen-bond acceptors (Lipinski definition) is 3. The molecule has 144 valence electrons. The average molecular weight is 392 g/mol. The molecular weight excluding hydrogens is 378 g/mol. The molecule has 0 spiro atoms. The van der Waals surface area contributed by atoms with Gasteiger partial charge in [0, 0.05) is 11.6 Å². The lowest BCUT2D eigenvalue weighted by Gasteiger charge is -2.14. The lowest BCUT2D eigenvalue weighted by atomic mass is 10.1. The van der Waals surface area contributed by atoms with Gasteiger partial charge in [-0.05, 0) is 42.0 Å². The van der Waals surface area contributed by atoms with Crippen molar-refractivity contribution in [2.45, 2.75) is 6.54 Å². The highest BCUT2D eigenvalue weighted by Crippen LogP contribution is 2.24. The zero-order valence-electron chi connectivity index (χ0n) is 15.0. The van der Waals surface area contributed by atoms with Crippen LogP contribution in [0.1, 0.15) is 36.6 Å². The van der Waals surface area contributed by atoms with E-state index in [9.17, 15) is 23.2 Å². The van der Waals surface area contributed by atoms with Crippen LogP contribution in [-0.2, 0) is 6.54 Å². The van der Waals surface area contributed by atoms with Crippen LogP contribution in [0.25, 0.3) is 0 Å². The Morgan fingerprint density at radius 1 is 0.862 bits per heavy atom. The fourth-order valence-electron chi connectivity index (χ4n) is 3.16. The molecular formula is C22H14F2N2O3. The number of hydrogen-bond donors (Lipinski definition) is 1. The van der Waals surface area contributed by atoms with Crippen LogP contribution in [0.3, 0.4) is 0 Å². The summed E-state index contributed by atoms with van der Waals surface area (Å²) in [6.07, 6.45) is 0. The molecule has 0 bridgehead atoms. The number of fused-ring (bicyclic) bond motifs is 1. The molecule has 0 saturated carbocycles. The van der Waals surface area contributed by atoms with Crippen molar-refractivity contribution >= 4 is 23.4 Å². The van der Waals surface area contributed by atoms with Crippen molar-refractivity contribution in [3.63, 3.8) is 0 Å². The minimum Gasteiger partial charge on any atom is -0.319 e. The number of carbonyl (C=O) groups excluding carboxylic acids is 3. The Morgan fingerprint density at radius 2 is 1.55 bits per heavy atom. The van der Waals surface area contributed by atoms with Crippen LogP contribution in [0.4, 0.5) is 14.5 Å². The van der Waals surface area contributed by atoms with Crippen molar-refractivity contribution in [1.82, 2.24) is 4.90 Å². The van der Waals surface area contributed by atoms with Gasteiger partial charge < -0.3 is 5.32 Å². The molecule has 7 heteroatoms. The van der Waals surface area contributed by atoms with Gasteiger partial charge in [0.2, 0.25) is 0 Å². The molecule has 5 nitrogen and oxygen atoms in total.